The second-order valence-electron chi connectivity index (χ2n) is 7.35. The van der Waals surface area contributed by atoms with E-state index in [0.29, 0.717) is 0 Å². The monoisotopic (exact) mass is 302 g/mol. The van der Waals surface area contributed by atoms with E-state index in [2.05, 4.69) is 0 Å². The molecule has 1 unspecified atom stereocenters. The molecule has 2 saturated heterocycles. The molecule has 6 heteroatoms. The molecule has 0 aromatic carbocycles. The molecule has 0 amide bonds. The molecule has 2 aliphatic rings. The molecule has 2 aliphatic heterocycles. The van der Waals surface area contributed by atoms with Crippen molar-refractivity contribution in [2.75, 3.05) is 13.2 Å². The van der Waals surface area contributed by atoms with Crippen LogP contribution in [0.15, 0.2) is 0 Å². The fraction of sp³-hybridized carbons (Fsp3) is 0.933. The van der Waals surface area contributed by atoms with E-state index < -0.39 is 29.9 Å². The third kappa shape index (κ3) is 3.29. The van der Waals surface area contributed by atoms with E-state index in [1.165, 1.54) is 0 Å². The Morgan fingerprint density at radius 1 is 1.19 bits per heavy atom. The van der Waals surface area contributed by atoms with Crippen LogP contribution in [0.4, 0.5) is 0 Å². The summed E-state index contributed by atoms with van der Waals surface area (Å²) in [6, 6.07) is 0. The zero-order valence-corrected chi connectivity index (χ0v) is 13.6. The van der Waals surface area contributed by atoms with Crippen LogP contribution in [0, 0.1) is 5.41 Å². The Morgan fingerprint density at radius 2 is 1.81 bits per heavy atom. The Kier molecular flexibility index (Phi) is 4.23. The average Bonchev–Trinajstić information content (AvgIpc) is 2.71. The van der Waals surface area contributed by atoms with Gasteiger partial charge in [-0.05, 0) is 20.8 Å². The van der Waals surface area contributed by atoms with Crippen molar-refractivity contribution in [2.24, 2.45) is 5.41 Å². The molecule has 21 heavy (non-hydrogen) atoms. The first kappa shape index (κ1) is 16.8. The first-order chi connectivity index (χ1) is 9.45. The molecule has 0 aromatic heterocycles. The van der Waals surface area contributed by atoms with Crippen LogP contribution in [0.3, 0.4) is 0 Å². The second-order valence-corrected chi connectivity index (χ2v) is 7.35. The molecule has 6 nitrogen and oxygen atoms in total. The first-order valence-electron chi connectivity index (χ1n) is 7.29. The number of hydrogen-bond donors (Lipinski definition) is 1. The van der Waals surface area contributed by atoms with Gasteiger partial charge in [-0.3, -0.25) is 4.79 Å². The van der Waals surface area contributed by atoms with Crippen LogP contribution >= 0.6 is 0 Å². The molecule has 2 rings (SSSR count). The molecule has 0 spiro atoms. The molecular weight excluding hydrogens is 276 g/mol. The smallest absolute Gasteiger partial charge is 0.190 e. The quantitative estimate of drug-likeness (QED) is 0.827. The van der Waals surface area contributed by atoms with Gasteiger partial charge in [0, 0.05) is 5.41 Å². The zero-order valence-electron chi connectivity index (χ0n) is 13.6. The largest absolute Gasteiger partial charge is 0.387 e. The zero-order chi connectivity index (χ0) is 16.1. The van der Waals surface area contributed by atoms with Crippen molar-refractivity contribution in [1.82, 2.24) is 0 Å². The van der Waals surface area contributed by atoms with Crippen molar-refractivity contribution in [3.8, 4) is 0 Å². The van der Waals surface area contributed by atoms with Crippen LogP contribution in [-0.2, 0) is 23.7 Å². The van der Waals surface area contributed by atoms with Gasteiger partial charge in [0.15, 0.2) is 17.4 Å². The highest BCUT2D eigenvalue weighted by Crippen LogP contribution is 2.39. The molecule has 122 valence electrons. The molecule has 2 heterocycles. The van der Waals surface area contributed by atoms with Gasteiger partial charge in [-0.15, -0.1) is 0 Å². The van der Waals surface area contributed by atoms with E-state index in [0.717, 1.165) is 0 Å². The van der Waals surface area contributed by atoms with Gasteiger partial charge >= 0.3 is 0 Å². The van der Waals surface area contributed by atoms with Gasteiger partial charge in [-0.25, -0.2) is 0 Å². The SMILES string of the molecule is CC1(C)OCC([C@@H](O)[C@H]2O[C@@](C)(C(C)(C)C)OCC2=O)O1. The van der Waals surface area contributed by atoms with Gasteiger partial charge in [-0.1, -0.05) is 20.8 Å². The Balaban J connectivity index is 2.12. The fourth-order valence-electron chi connectivity index (χ4n) is 2.37. The van der Waals surface area contributed by atoms with E-state index in [9.17, 15) is 9.90 Å². The topological polar surface area (TPSA) is 74.2 Å². The molecule has 0 aliphatic carbocycles. The summed E-state index contributed by atoms with van der Waals surface area (Å²) in [5.74, 6) is -1.98. The maximum absolute atomic E-state index is 12.1. The summed E-state index contributed by atoms with van der Waals surface area (Å²) in [6.07, 6.45) is -2.63. The summed E-state index contributed by atoms with van der Waals surface area (Å²) in [5.41, 5.74) is -0.335. The minimum absolute atomic E-state index is 0.0769. The minimum Gasteiger partial charge on any atom is -0.387 e. The van der Waals surface area contributed by atoms with Crippen molar-refractivity contribution in [3.05, 3.63) is 0 Å². The maximum Gasteiger partial charge on any atom is 0.190 e. The third-order valence-corrected chi connectivity index (χ3v) is 4.24. The second kappa shape index (κ2) is 5.28. The van der Waals surface area contributed by atoms with E-state index >= 15 is 0 Å². The molecule has 0 saturated carbocycles. The van der Waals surface area contributed by atoms with Crippen LogP contribution in [-0.4, -0.2) is 54.0 Å². The highest BCUT2D eigenvalue weighted by molar-refractivity contribution is 5.85. The van der Waals surface area contributed by atoms with Crippen LogP contribution in [0.5, 0.6) is 0 Å². The molecule has 4 atom stereocenters. The predicted molar refractivity (Wildman–Crippen MR) is 74.6 cm³/mol. The van der Waals surface area contributed by atoms with Gasteiger partial charge in [0.1, 0.15) is 24.9 Å². The number of aliphatic hydroxyl groups is 1. The number of hydrogen-bond acceptors (Lipinski definition) is 6. The van der Waals surface area contributed by atoms with E-state index in [4.69, 9.17) is 18.9 Å². The Bertz CT molecular complexity index is 413. The van der Waals surface area contributed by atoms with Gasteiger partial charge in [0.05, 0.1) is 6.61 Å². The molecule has 0 bridgehead atoms. The minimum atomic E-state index is -1.08. The predicted octanol–water partition coefficient (Wildman–Crippen LogP) is 1.25. The number of Topliss-reactive ketones (excluding diaryl/α,β-unsaturated/α-hetero) is 1. The molecule has 1 N–H and O–H groups in total. The van der Waals surface area contributed by atoms with Crippen LogP contribution in [0.1, 0.15) is 41.5 Å². The van der Waals surface area contributed by atoms with Gasteiger partial charge < -0.3 is 24.1 Å². The van der Waals surface area contributed by atoms with Crippen molar-refractivity contribution >= 4 is 5.78 Å². The lowest BCUT2D eigenvalue weighted by Gasteiger charge is -2.47. The lowest BCUT2D eigenvalue weighted by atomic mass is 9.85. The van der Waals surface area contributed by atoms with Crippen molar-refractivity contribution < 1.29 is 28.8 Å². The van der Waals surface area contributed by atoms with Crippen LogP contribution < -0.4 is 0 Å². The number of rotatable bonds is 2. The standard InChI is InChI=1S/C15H26O6/c1-13(2,3)15(6)19-7-9(16)12(21-15)11(17)10-8-18-14(4,5)20-10/h10-12,17H,7-8H2,1-6H3/t10?,11-,12+,15+/m1/s1. The van der Waals surface area contributed by atoms with E-state index in [1.807, 2.05) is 20.8 Å². The third-order valence-electron chi connectivity index (χ3n) is 4.24. The average molecular weight is 302 g/mol. The number of ketones is 1. The molecule has 0 radical (unpaired) electrons. The Hall–Kier alpha value is -0.530. The number of carbonyl (C=O) groups excluding carboxylic acids is 1. The molecule has 2 fully saturated rings. The maximum atomic E-state index is 12.1. The lowest BCUT2D eigenvalue weighted by molar-refractivity contribution is -0.322. The van der Waals surface area contributed by atoms with Crippen LogP contribution in [0.2, 0.25) is 0 Å². The summed E-state index contributed by atoms with van der Waals surface area (Å²) >= 11 is 0. The summed E-state index contributed by atoms with van der Waals surface area (Å²) in [7, 11) is 0. The van der Waals surface area contributed by atoms with Crippen molar-refractivity contribution in [2.45, 2.75) is 71.4 Å². The summed E-state index contributed by atoms with van der Waals surface area (Å²) in [5, 5.41) is 10.5. The number of ether oxygens (including phenoxy) is 4. The van der Waals surface area contributed by atoms with Gasteiger partial charge in [-0.2, -0.15) is 0 Å². The van der Waals surface area contributed by atoms with Gasteiger partial charge in [0.25, 0.3) is 0 Å². The number of carbonyl (C=O) groups is 1. The highest BCUT2D eigenvalue weighted by atomic mass is 16.8. The summed E-state index contributed by atoms with van der Waals surface area (Å²) < 4.78 is 22.5. The van der Waals surface area contributed by atoms with Gasteiger partial charge in [0.2, 0.25) is 0 Å². The summed E-state index contributed by atoms with van der Waals surface area (Å²) in [4.78, 5) is 12.1. The fourth-order valence-corrected chi connectivity index (χ4v) is 2.37. The normalized spacial score (nSPS) is 38.5. The summed E-state index contributed by atoms with van der Waals surface area (Å²) in [6.45, 7) is 11.4. The van der Waals surface area contributed by atoms with Crippen LogP contribution in [0.25, 0.3) is 0 Å². The van der Waals surface area contributed by atoms with E-state index in [1.54, 1.807) is 20.8 Å². The first-order valence-corrected chi connectivity index (χ1v) is 7.29. The van der Waals surface area contributed by atoms with E-state index in [-0.39, 0.29) is 24.4 Å². The van der Waals surface area contributed by atoms with Crippen molar-refractivity contribution in [3.63, 3.8) is 0 Å². The number of aliphatic hydroxyl groups excluding tert-OH is 1. The molecule has 0 aromatic rings. The Labute approximate surface area is 125 Å². The molecular formula is C15H26O6. The Morgan fingerprint density at radius 3 is 2.29 bits per heavy atom. The highest BCUT2D eigenvalue weighted by Gasteiger charge is 2.51. The van der Waals surface area contributed by atoms with Crippen molar-refractivity contribution in [1.29, 1.82) is 0 Å². The lowest BCUT2D eigenvalue weighted by Crippen LogP contribution is -2.59.